The molecule has 0 fully saturated rings. The number of hydrogen-bond acceptors (Lipinski definition) is 5. The molecule has 0 radical (unpaired) electrons. The lowest BCUT2D eigenvalue weighted by molar-refractivity contribution is 0.719. The normalized spacial score (nSPS) is 9.94. The van der Waals surface area contributed by atoms with Gasteiger partial charge in [0.15, 0.2) is 0 Å². The molecule has 0 unspecified atom stereocenters. The molecule has 0 amide bonds. The third-order valence-corrected chi connectivity index (χ3v) is 2.38. The molecule has 2 heterocycles. The number of nitrogens with two attached hydrogens (primary N) is 1. The van der Waals surface area contributed by atoms with Crippen molar-refractivity contribution in [2.45, 2.75) is 6.54 Å². The van der Waals surface area contributed by atoms with Crippen molar-refractivity contribution in [2.24, 2.45) is 0 Å². The molecule has 0 aliphatic carbocycles. The highest BCUT2D eigenvalue weighted by Crippen LogP contribution is 2.05. The summed E-state index contributed by atoms with van der Waals surface area (Å²) in [6, 6.07) is 5.27. The molecule has 0 atom stereocenters. The first kappa shape index (κ1) is 11.6. The number of aromatic amines is 1. The Morgan fingerprint density at radius 3 is 3.00 bits per heavy atom. The third-order valence-electron chi connectivity index (χ3n) is 2.38. The maximum atomic E-state index is 11.5. The first-order chi connectivity index (χ1) is 8.61. The summed E-state index contributed by atoms with van der Waals surface area (Å²) in [5.74, 6) is 0. The van der Waals surface area contributed by atoms with Crippen LogP contribution in [0, 0.1) is 11.3 Å². The molecule has 7 nitrogen and oxygen atoms in total. The molecule has 0 aliphatic heterocycles. The number of nitriles is 1. The molecule has 0 bridgehead atoms. The van der Waals surface area contributed by atoms with Crippen LogP contribution in [0.3, 0.4) is 0 Å². The van der Waals surface area contributed by atoms with E-state index in [1.165, 1.54) is 17.0 Å². The molecular weight excluding hydrogens is 234 g/mol. The molecule has 90 valence electrons. The lowest BCUT2D eigenvalue weighted by Crippen LogP contribution is -2.31. The van der Waals surface area contributed by atoms with Gasteiger partial charge in [-0.25, -0.2) is 9.78 Å². The molecule has 0 aromatic carbocycles. The minimum absolute atomic E-state index is 0.0583. The van der Waals surface area contributed by atoms with E-state index >= 15 is 0 Å². The number of aromatic nitrogens is 3. The van der Waals surface area contributed by atoms with Gasteiger partial charge in [-0.05, 0) is 6.07 Å². The first-order valence-corrected chi connectivity index (χ1v) is 5.05. The number of hydrogen-bond donors (Lipinski definition) is 2. The van der Waals surface area contributed by atoms with Gasteiger partial charge in [0.25, 0.3) is 5.56 Å². The van der Waals surface area contributed by atoms with Crippen LogP contribution < -0.4 is 17.0 Å². The van der Waals surface area contributed by atoms with Gasteiger partial charge in [-0.1, -0.05) is 6.07 Å². The molecule has 0 saturated heterocycles. The van der Waals surface area contributed by atoms with Gasteiger partial charge in [0.2, 0.25) is 0 Å². The summed E-state index contributed by atoms with van der Waals surface area (Å²) in [5.41, 5.74) is 4.98. The predicted octanol–water partition coefficient (Wildman–Crippen LogP) is -0.566. The second kappa shape index (κ2) is 4.55. The fourth-order valence-electron chi connectivity index (χ4n) is 1.49. The van der Waals surface area contributed by atoms with Crippen molar-refractivity contribution >= 4 is 5.69 Å². The molecule has 0 saturated carbocycles. The third kappa shape index (κ3) is 2.12. The molecule has 2 aromatic heterocycles. The minimum Gasteiger partial charge on any atom is -0.393 e. The summed E-state index contributed by atoms with van der Waals surface area (Å²) < 4.78 is 1.22. The molecular formula is C11H9N5O2. The van der Waals surface area contributed by atoms with Crippen molar-refractivity contribution in [1.82, 2.24) is 14.5 Å². The summed E-state index contributed by atoms with van der Waals surface area (Å²) in [6.45, 7) is 0.122. The largest absolute Gasteiger partial charge is 0.393 e. The Bertz CT molecular complexity index is 738. The maximum Gasteiger partial charge on any atom is 0.328 e. The average molecular weight is 243 g/mol. The van der Waals surface area contributed by atoms with Gasteiger partial charge in [-0.3, -0.25) is 14.3 Å². The zero-order chi connectivity index (χ0) is 13.1. The van der Waals surface area contributed by atoms with E-state index in [2.05, 4.69) is 9.97 Å². The second-order valence-electron chi connectivity index (χ2n) is 3.59. The van der Waals surface area contributed by atoms with Gasteiger partial charge < -0.3 is 5.73 Å². The van der Waals surface area contributed by atoms with Crippen molar-refractivity contribution in [3.05, 3.63) is 56.6 Å². The summed E-state index contributed by atoms with van der Waals surface area (Å²) in [7, 11) is 0. The molecule has 3 N–H and O–H groups in total. The first-order valence-electron chi connectivity index (χ1n) is 5.05. The smallest absolute Gasteiger partial charge is 0.328 e. The highest BCUT2D eigenvalue weighted by molar-refractivity contribution is 5.33. The lowest BCUT2D eigenvalue weighted by Gasteiger charge is -2.06. The monoisotopic (exact) mass is 243 g/mol. The van der Waals surface area contributed by atoms with Crippen molar-refractivity contribution in [1.29, 1.82) is 5.26 Å². The number of nitrogen functional groups attached to an aromatic ring is 1. The van der Waals surface area contributed by atoms with Gasteiger partial charge in [-0.2, -0.15) is 5.26 Å². The molecule has 2 aromatic rings. The van der Waals surface area contributed by atoms with E-state index in [1.54, 1.807) is 12.1 Å². The Hall–Kier alpha value is -2.88. The van der Waals surface area contributed by atoms with Crippen molar-refractivity contribution < 1.29 is 0 Å². The van der Waals surface area contributed by atoms with Gasteiger partial charge in [-0.15, -0.1) is 0 Å². The number of rotatable bonds is 2. The van der Waals surface area contributed by atoms with Crippen LogP contribution in [0.25, 0.3) is 0 Å². The Morgan fingerprint density at radius 2 is 2.28 bits per heavy atom. The Balaban J connectivity index is 2.47. The Morgan fingerprint density at radius 1 is 1.50 bits per heavy atom. The van der Waals surface area contributed by atoms with Crippen LogP contribution in [0.15, 0.2) is 34.1 Å². The lowest BCUT2D eigenvalue weighted by atomic mass is 10.2. The van der Waals surface area contributed by atoms with Crippen LogP contribution in [-0.4, -0.2) is 14.5 Å². The van der Waals surface area contributed by atoms with Gasteiger partial charge in [0, 0.05) is 18.0 Å². The highest BCUT2D eigenvalue weighted by atomic mass is 16.2. The van der Waals surface area contributed by atoms with E-state index in [-0.39, 0.29) is 17.9 Å². The number of nitrogens with zero attached hydrogens (tertiary/aromatic N) is 3. The summed E-state index contributed by atoms with van der Waals surface area (Å²) in [5, 5.41) is 8.88. The molecule has 7 heteroatoms. The molecule has 0 aliphatic rings. The molecule has 0 spiro atoms. The van der Waals surface area contributed by atoms with Crippen LogP contribution in [0.1, 0.15) is 11.3 Å². The van der Waals surface area contributed by atoms with Gasteiger partial charge >= 0.3 is 5.69 Å². The summed E-state index contributed by atoms with van der Waals surface area (Å²) >= 11 is 0. The number of pyridine rings is 1. The fraction of sp³-hybridized carbons (Fsp3) is 0.0909. The second-order valence-corrected chi connectivity index (χ2v) is 3.59. The zero-order valence-electron chi connectivity index (χ0n) is 9.25. The van der Waals surface area contributed by atoms with E-state index in [0.717, 1.165) is 0 Å². The van der Waals surface area contributed by atoms with Crippen LogP contribution in [0.2, 0.25) is 0 Å². The highest BCUT2D eigenvalue weighted by Gasteiger charge is 2.06. The van der Waals surface area contributed by atoms with Crippen molar-refractivity contribution in [2.75, 3.05) is 5.73 Å². The van der Waals surface area contributed by atoms with Gasteiger partial charge in [0.1, 0.15) is 17.5 Å². The Labute approximate surface area is 101 Å². The van der Waals surface area contributed by atoms with Crippen molar-refractivity contribution in [3.63, 3.8) is 0 Å². The Kier molecular flexibility index (Phi) is 2.93. The van der Waals surface area contributed by atoms with Crippen LogP contribution in [-0.2, 0) is 6.54 Å². The van der Waals surface area contributed by atoms with E-state index < -0.39 is 11.2 Å². The SMILES string of the molecule is N#Cc1ncccc1Cn1cc(N)c(=O)[nH]c1=O. The molecule has 18 heavy (non-hydrogen) atoms. The van der Waals surface area contributed by atoms with Crippen LogP contribution >= 0.6 is 0 Å². The number of nitrogens with one attached hydrogen (secondary N) is 1. The zero-order valence-corrected chi connectivity index (χ0v) is 9.25. The topological polar surface area (TPSA) is 118 Å². The van der Waals surface area contributed by atoms with Crippen LogP contribution in [0.4, 0.5) is 5.69 Å². The van der Waals surface area contributed by atoms with E-state index in [9.17, 15) is 9.59 Å². The van der Waals surface area contributed by atoms with E-state index in [0.29, 0.717) is 5.56 Å². The van der Waals surface area contributed by atoms with Crippen molar-refractivity contribution in [3.8, 4) is 6.07 Å². The molecule has 2 rings (SSSR count). The predicted molar refractivity (Wildman–Crippen MR) is 63.8 cm³/mol. The number of anilines is 1. The minimum atomic E-state index is -0.622. The summed E-state index contributed by atoms with van der Waals surface area (Å²) in [6.07, 6.45) is 2.74. The number of H-pyrrole nitrogens is 1. The van der Waals surface area contributed by atoms with Gasteiger partial charge in [0.05, 0.1) is 6.54 Å². The quantitative estimate of drug-likeness (QED) is 0.732. The van der Waals surface area contributed by atoms with Crippen LogP contribution in [0.5, 0.6) is 0 Å². The maximum absolute atomic E-state index is 11.5. The standard InChI is InChI=1S/C11H9N5O2/c12-4-9-7(2-1-3-14-9)5-16-6-8(13)10(17)15-11(16)18/h1-3,6H,5,13H2,(H,15,17,18). The van der Waals surface area contributed by atoms with E-state index in [1.807, 2.05) is 6.07 Å². The average Bonchev–Trinajstić information content (AvgIpc) is 2.36. The fourth-order valence-corrected chi connectivity index (χ4v) is 1.49. The summed E-state index contributed by atoms with van der Waals surface area (Å²) in [4.78, 5) is 28.6. The van der Waals surface area contributed by atoms with E-state index in [4.69, 9.17) is 11.0 Å².